The molecule has 1 amide bonds. The van der Waals surface area contributed by atoms with Crippen molar-refractivity contribution in [3.8, 4) is 11.1 Å². The van der Waals surface area contributed by atoms with Crippen molar-refractivity contribution in [2.45, 2.75) is 72.6 Å². The molecule has 31 heavy (non-hydrogen) atoms. The standard InChI is InChI=1S/C26H35NO3S/c1-5-7-8-19-10-13-20(14-11-19)24(28)27-25-23(26(29)30-6-2)22(16-31-25)21-12-9-17(3)18(4)15-21/h9,12,15-16,19-20H,5-8,10-11,13-14H2,1-4H3,(H,27,28). The Kier molecular flexibility index (Phi) is 8.30. The van der Waals surface area contributed by atoms with E-state index >= 15 is 0 Å². The van der Waals surface area contributed by atoms with Crippen LogP contribution in [0.1, 0.15) is 80.3 Å². The van der Waals surface area contributed by atoms with Crippen LogP contribution >= 0.6 is 11.3 Å². The summed E-state index contributed by atoms with van der Waals surface area (Å²) in [6.45, 7) is 8.47. The highest BCUT2D eigenvalue weighted by atomic mass is 32.1. The number of carbonyl (C=O) groups is 2. The summed E-state index contributed by atoms with van der Waals surface area (Å²) in [7, 11) is 0. The van der Waals surface area contributed by atoms with E-state index in [4.69, 9.17) is 4.74 Å². The van der Waals surface area contributed by atoms with E-state index in [1.807, 2.05) is 11.4 Å². The molecule has 3 rings (SSSR count). The first-order chi connectivity index (χ1) is 14.9. The van der Waals surface area contributed by atoms with Crippen molar-refractivity contribution in [3.05, 3.63) is 40.3 Å². The first-order valence-corrected chi connectivity index (χ1v) is 12.5. The summed E-state index contributed by atoms with van der Waals surface area (Å²) in [6, 6.07) is 6.17. The molecule has 2 aromatic rings. The van der Waals surface area contributed by atoms with Gasteiger partial charge in [-0.1, -0.05) is 44.4 Å². The van der Waals surface area contributed by atoms with Gasteiger partial charge in [0.15, 0.2) is 0 Å². The minimum Gasteiger partial charge on any atom is -0.462 e. The number of unbranched alkanes of at least 4 members (excludes halogenated alkanes) is 1. The fourth-order valence-corrected chi connectivity index (χ4v) is 5.36. The highest BCUT2D eigenvalue weighted by molar-refractivity contribution is 7.15. The molecule has 5 heteroatoms. The van der Waals surface area contributed by atoms with Crippen molar-refractivity contribution in [1.29, 1.82) is 0 Å². The SMILES string of the molecule is CCCCC1CCC(C(=O)Nc2scc(-c3ccc(C)c(C)c3)c2C(=O)OCC)CC1. The molecule has 1 aromatic carbocycles. The van der Waals surface area contributed by atoms with Crippen LogP contribution in [-0.4, -0.2) is 18.5 Å². The summed E-state index contributed by atoms with van der Waals surface area (Å²) in [5.41, 5.74) is 4.65. The van der Waals surface area contributed by atoms with Crippen molar-refractivity contribution in [2.24, 2.45) is 11.8 Å². The van der Waals surface area contributed by atoms with Crippen LogP contribution in [0, 0.1) is 25.7 Å². The fraction of sp³-hybridized carbons (Fsp3) is 0.538. The van der Waals surface area contributed by atoms with Gasteiger partial charge in [-0.25, -0.2) is 4.79 Å². The van der Waals surface area contributed by atoms with Crippen LogP contribution in [0.3, 0.4) is 0 Å². The van der Waals surface area contributed by atoms with Gasteiger partial charge in [0.05, 0.1) is 6.61 Å². The van der Waals surface area contributed by atoms with Gasteiger partial charge in [0, 0.05) is 16.9 Å². The predicted molar refractivity (Wildman–Crippen MR) is 129 cm³/mol. The molecule has 0 aliphatic heterocycles. The van der Waals surface area contributed by atoms with Crippen molar-refractivity contribution in [3.63, 3.8) is 0 Å². The van der Waals surface area contributed by atoms with Gasteiger partial charge in [-0.3, -0.25) is 4.79 Å². The van der Waals surface area contributed by atoms with Gasteiger partial charge in [0.25, 0.3) is 0 Å². The Morgan fingerprint density at radius 2 is 1.84 bits per heavy atom. The zero-order valence-corrected chi connectivity index (χ0v) is 20.1. The lowest BCUT2D eigenvalue weighted by Gasteiger charge is -2.27. The number of hydrogen-bond acceptors (Lipinski definition) is 4. The van der Waals surface area contributed by atoms with Crippen LogP contribution < -0.4 is 5.32 Å². The molecule has 1 aromatic heterocycles. The number of ether oxygens (including phenoxy) is 1. The number of carbonyl (C=O) groups excluding carboxylic acids is 2. The molecular weight excluding hydrogens is 406 g/mol. The van der Waals surface area contributed by atoms with Gasteiger partial charge in [0.1, 0.15) is 10.6 Å². The van der Waals surface area contributed by atoms with E-state index in [0.29, 0.717) is 17.2 Å². The van der Waals surface area contributed by atoms with E-state index < -0.39 is 0 Å². The third-order valence-electron chi connectivity index (χ3n) is 6.51. The minimum absolute atomic E-state index is 0.0279. The number of anilines is 1. The number of aryl methyl sites for hydroxylation is 2. The van der Waals surface area contributed by atoms with Gasteiger partial charge in [-0.05, 0) is 69.1 Å². The Bertz CT molecular complexity index is 909. The molecule has 1 saturated carbocycles. The summed E-state index contributed by atoms with van der Waals surface area (Å²) in [5, 5.41) is 5.63. The van der Waals surface area contributed by atoms with Gasteiger partial charge < -0.3 is 10.1 Å². The van der Waals surface area contributed by atoms with Crippen molar-refractivity contribution in [1.82, 2.24) is 0 Å². The normalized spacial score (nSPS) is 18.6. The zero-order chi connectivity index (χ0) is 22.4. The lowest BCUT2D eigenvalue weighted by molar-refractivity contribution is -0.121. The number of nitrogens with one attached hydrogen (secondary N) is 1. The molecule has 0 saturated heterocycles. The summed E-state index contributed by atoms with van der Waals surface area (Å²) in [4.78, 5) is 25.8. The van der Waals surface area contributed by atoms with Gasteiger partial charge in [0.2, 0.25) is 5.91 Å². The van der Waals surface area contributed by atoms with Crippen LogP contribution in [0.2, 0.25) is 0 Å². The van der Waals surface area contributed by atoms with Crippen LogP contribution in [0.15, 0.2) is 23.6 Å². The molecule has 0 atom stereocenters. The third-order valence-corrected chi connectivity index (χ3v) is 7.40. The largest absolute Gasteiger partial charge is 0.462 e. The summed E-state index contributed by atoms with van der Waals surface area (Å²) >= 11 is 1.41. The van der Waals surface area contributed by atoms with Gasteiger partial charge in [-0.2, -0.15) is 0 Å². The van der Waals surface area contributed by atoms with Crippen molar-refractivity contribution in [2.75, 3.05) is 11.9 Å². The van der Waals surface area contributed by atoms with E-state index in [1.165, 1.54) is 41.7 Å². The highest BCUT2D eigenvalue weighted by Crippen LogP contribution is 2.38. The lowest BCUT2D eigenvalue weighted by Crippen LogP contribution is -2.27. The van der Waals surface area contributed by atoms with Crippen LogP contribution in [0.4, 0.5) is 5.00 Å². The van der Waals surface area contributed by atoms with Gasteiger partial charge >= 0.3 is 5.97 Å². The Hall–Kier alpha value is -2.14. The maximum atomic E-state index is 13.0. The zero-order valence-electron chi connectivity index (χ0n) is 19.3. The molecule has 1 aliphatic rings. The van der Waals surface area contributed by atoms with E-state index in [1.54, 1.807) is 6.92 Å². The molecule has 0 radical (unpaired) electrons. The van der Waals surface area contributed by atoms with E-state index in [2.05, 4.69) is 38.2 Å². The molecule has 0 bridgehead atoms. The number of thiophene rings is 1. The van der Waals surface area contributed by atoms with E-state index in [0.717, 1.165) is 42.7 Å². The number of amides is 1. The summed E-state index contributed by atoms with van der Waals surface area (Å²) in [6.07, 6.45) is 7.91. The molecule has 1 aliphatic carbocycles. The Balaban J connectivity index is 1.78. The quantitative estimate of drug-likeness (QED) is 0.443. The Morgan fingerprint density at radius 3 is 2.48 bits per heavy atom. The molecule has 1 heterocycles. The number of esters is 1. The summed E-state index contributed by atoms with van der Waals surface area (Å²) < 4.78 is 5.34. The van der Waals surface area contributed by atoms with Crippen LogP contribution in [-0.2, 0) is 9.53 Å². The molecule has 168 valence electrons. The minimum atomic E-state index is -0.379. The van der Waals surface area contributed by atoms with E-state index in [-0.39, 0.29) is 17.8 Å². The molecular formula is C26H35NO3S. The molecule has 0 spiro atoms. The van der Waals surface area contributed by atoms with Crippen molar-refractivity contribution >= 4 is 28.2 Å². The predicted octanol–water partition coefficient (Wildman–Crippen LogP) is 7.14. The van der Waals surface area contributed by atoms with Crippen LogP contribution in [0.25, 0.3) is 11.1 Å². The molecule has 4 nitrogen and oxygen atoms in total. The van der Waals surface area contributed by atoms with E-state index in [9.17, 15) is 9.59 Å². The second kappa shape index (κ2) is 10.9. The first kappa shape index (κ1) is 23.5. The molecule has 1 fully saturated rings. The fourth-order valence-electron chi connectivity index (χ4n) is 4.40. The summed E-state index contributed by atoms with van der Waals surface area (Å²) in [5.74, 6) is 0.445. The number of benzene rings is 1. The maximum Gasteiger partial charge on any atom is 0.341 e. The Morgan fingerprint density at radius 1 is 1.10 bits per heavy atom. The highest BCUT2D eigenvalue weighted by Gasteiger charge is 2.29. The smallest absolute Gasteiger partial charge is 0.341 e. The second-order valence-corrected chi connectivity index (χ2v) is 9.60. The number of hydrogen-bond donors (Lipinski definition) is 1. The topological polar surface area (TPSA) is 55.4 Å². The second-order valence-electron chi connectivity index (χ2n) is 8.72. The van der Waals surface area contributed by atoms with Gasteiger partial charge in [-0.15, -0.1) is 11.3 Å². The van der Waals surface area contributed by atoms with Crippen molar-refractivity contribution < 1.29 is 14.3 Å². The molecule has 1 N–H and O–H groups in total. The average molecular weight is 442 g/mol. The lowest BCUT2D eigenvalue weighted by atomic mass is 9.79. The third kappa shape index (κ3) is 5.76. The first-order valence-electron chi connectivity index (χ1n) is 11.6. The number of rotatable bonds is 8. The average Bonchev–Trinajstić information content (AvgIpc) is 3.18. The van der Waals surface area contributed by atoms with Crippen LogP contribution in [0.5, 0.6) is 0 Å². The maximum absolute atomic E-state index is 13.0. The molecule has 0 unspecified atom stereocenters. The Labute approximate surface area is 190 Å². The monoisotopic (exact) mass is 441 g/mol.